The number of amides is 1. The average Bonchev–Trinajstić information content (AvgIpc) is 3.38. The third-order valence-electron chi connectivity index (χ3n) is 5.49. The number of nitrogens with one attached hydrogen (secondary N) is 3. The van der Waals surface area contributed by atoms with Crippen LogP contribution in [0.25, 0.3) is 0 Å². The highest BCUT2D eigenvalue weighted by atomic mass is 16.5. The molecule has 0 saturated carbocycles. The van der Waals surface area contributed by atoms with Crippen LogP contribution in [0.3, 0.4) is 0 Å². The predicted molar refractivity (Wildman–Crippen MR) is 108 cm³/mol. The number of hydrogen-bond donors (Lipinski definition) is 4. The molecule has 0 radical (unpaired) electrons. The molecule has 1 amide bonds. The molecule has 2 aromatic carbocycles. The number of carbonyl (C=O) groups is 1. The Morgan fingerprint density at radius 1 is 1.21 bits per heavy atom. The van der Waals surface area contributed by atoms with Crippen LogP contribution in [0.4, 0.5) is 11.4 Å². The normalized spacial score (nSPS) is 20.0. The number of benzene rings is 2. The lowest BCUT2D eigenvalue weighted by molar-refractivity contribution is -0.117. The van der Waals surface area contributed by atoms with Gasteiger partial charge in [0, 0.05) is 43.0 Å². The third kappa shape index (κ3) is 3.69. The zero-order valence-electron chi connectivity index (χ0n) is 15.9. The fraction of sp³-hybridized carbons (Fsp3) is 0.381. The van der Waals surface area contributed by atoms with Crippen molar-refractivity contribution in [3.8, 4) is 5.75 Å². The summed E-state index contributed by atoms with van der Waals surface area (Å²) in [4.78, 5) is 14.8. The highest BCUT2D eigenvalue weighted by Crippen LogP contribution is 2.30. The molecule has 2 aromatic rings. The lowest BCUT2D eigenvalue weighted by Gasteiger charge is -2.21. The monoisotopic (exact) mass is 382 g/mol. The summed E-state index contributed by atoms with van der Waals surface area (Å²) in [7, 11) is 1.63. The number of hydrogen-bond acceptors (Lipinski definition) is 6. The first-order valence-electron chi connectivity index (χ1n) is 9.61. The van der Waals surface area contributed by atoms with Gasteiger partial charge < -0.3 is 20.1 Å². The molecule has 28 heavy (non-hydrogen) atoms. The number of methoxy groups -OCH3 is 1. The maximum absolute atomic E-state index is 13.0. The van der Waals surface area contributed by atoms with Crippen molar-refractivity contribution >= 4 is 17.3 Å². The van der Waals surface area contributed by atoms with E-state index >= 15 is 0 Å². The maximum atomic E-state index is 13.0. The van der Waals surface area contributed by atoms with E-state index in [0.717, 1.165) is 47.8 Å². The molecular weight excluding hydrogens is 356 g/mol. The number of nitrogens with zero attached hydrogens (tertiary/aromatic N) is 1. The molecule has 2 saturated heterocycles. The van der Waals surface area contributed by atoms with Crippen LogP contribution < -0.4 is 25.8 Å². The zero-order chi connectivity index (χ0) is 19.5. The molecule has 2 aliphatic rings. The predicted octanol–water partition coefficient (Wildman–Crippen LogP) is 1.60. The van der Waals surface area contributed by atoms with Crippen molar-refractivity contribution in [2.24, 2.45) is 0 Å². The second kappa shape index (κ2) is 8.18. The Hall–Kier alpha value is -2.61. The molecule has 7 nitrogen and oxygen atoms in total. The highest BCUT2D eigenvalue weighted by molar-refractivity contribution is 6.01. The van der Waals surface area contributed by atoms with Crippen LogP contribution in [-0.4, -0.2) is 43.8 Å². The Morgan fingerprint density at radius 2 is 2.04 bits per heavy atom. The van der Waals surface area contributed by atoms with Crippen LogP contribution in [0.5, 0.6) is 5.75 Å². The van der Waals surface area contributed by atoms with Crippen LogP contribution in [-0.2, 0) is 11.4 Å². The van der Waals surface area contributed by atoms with Gasteiger partial charge in [0.2, 0.25) is 5.91 Å². The number of carbonyl (C=O) groups excluding carboxylic acids is 1. The second-order valence-corrected chi connectivity index (χ2v) is 7.21. The van der Waals surface area contributed by atoms with Crippen LogP contribution in [0.1, 0.15) is 23.5 Å². The summed E-state index contributed by atoms with van der Waals surface area (Å²) in [5, 5.41) is 13.2. The summed E-state index contributed by atoms with van der Waals surface area (Å²) in [6.07, 6.45) is 0.725. The molecule has 4 rings (SSSR count). The summed E-state index contributed by atoms with van der Waals surface area (Å²) >= 11 is 0. The fourth-order valence-electron chi connectivity index (χ4n) is 3.96. The average molecular weight is 382 g/mol. The molecule has 7 heteroatoms. The lowest BCUT2D eigenvalue weighted by atomic mass is 9.94. The van der Waals surface area contributed by atoms with E-state index in [9.17, 15) is 9.90 Å². The number of ether oxygens (including phenoxy) is 1. The van der Waals surface area contributed by atoms with E-state index in [0.29, 0.717) is 12.5 Å². The van der Waals surface area contributed by atoms with Gasteiger partial charge in [-0.1, -0.05) is 12.1 Å². The number of anilines is 2. The van der Waals surface area contributed by atoms with E-state index in [1.54, 1.807) is 12.0 Å². The van der Waals surface area contributed by atoms with Gasteiger partial charge in [0.15, 0.2) is 0 Å². The molecule has 1 atom stereocenters. The smallest absolute Gasteiger partial charge is 0.249 e. The summed E-state index contributed by atoms with van der Waals surface area (Å²) in [5.41, 5.74) is 9.96. The number of hydrazine groups is 1. The van der Waals surface area contributed by atoms with Gasteiger partial charge >= 0.3 is 0 Å². The van der Waals surface area contributed by atoms with Gasteiger partial charge in [0.1, 0.15) is 11.8 Å². The Morgan fingerprint density at radius 3 is 2.79 bits per heavy atom. The minimum Gasteiger partial charge on any atom is -0.497 e. The Bertz CT molecular complexity index is 851. The topological polar surface area (TPSA) is 85.9 Å². The molecule has 148 valence electrons. The summed E-state index contributed by atoms with van der Waals surface area (Å²) < 4.78 is 5.25. The molecule has 2 aliphatic heterocycles. The molecule has 0 spiro atoms. The van der Waals surface area contributed by atoms with Gasteiger partial charge in [0.05, 0.1) is 13.7 Å². The number of aliphatic hydroxyl groups is 1. The van der Waals surface area contributed by atoms with E-state index in [1.807, 2.05) is 42.5 Å². The fourth-order valence-corrected chi connectivity index (χ4v) is 3.96. The van der Waals surface area contributed by atoms with Crippen LogP contribution in [0, 0.1) is 0 Å². The van der Waals surface area contributed by atoms with Crippen molar-refractivity contribution in [2.45, 2.75) is 25.0 Å². The highest BCUT2D eigenvalue weighted by Gasteiger charge is 2.33. The van der Waals surface area contributed by atoms with E-state index in [4.69, 9.17) is 4.74 Å². The van der Waals surface area contributed by atoms with Crippen molar-refractivity contribution in [1.82, 2.24) is 10.9 Å². The Kier molecular flexibility index (Phi) is 5.47. The van der Waals surface area contributed by atoms with Gasteiger partial charge in [-0.05, 0) is 41.8 Å². The molecular formula is C21H26N4O3. The molecule has 2 heterocycles. The zero-order valence-corrected chi connectivity index (χ0v) is 15.9. The van der Waals surface area contributed by atoms with Crippen molar-refractivity contribution in [1.29, 1.82) is 0 Å². The molecule has 0 bridgehead atoms. The van der Waals surface area contributed by atoms with Gasteiger partial charge in [-0.3, -0.25) is 15.6 Å². The lowest BCUT2D eigenvalue weighted by Crippen LogP contribution is -2.33. The summed E-state index contributed by atoms with van der Waals surface area (Å²) in [6.45, 7) is 2.29. The quantitative estimate of drug-likeness (QED) is 0.607. The minimum absolute atomic E-state index is 0.0345. The van der Waals surface area contributed by atoms with Crippen molar-refractivity contribution in [2.75, 3.05) is 37.0 Å². The van der Waals surface area contributed by atoms with Gasteiger partial charge in [-0.25, -0.2) is 0 Å². The van der Waals surface area contributed by atoms with Crippen molar-refractivity contribution < 1.29 is 14.6 Å². The first-order chi connectivity index (χ1) is 13.7. The third-order valence-corrected chi connectivity index (χ3v) is 5.49. The van der Waals surface area contributed by atoms with Crippen LogP contribution in [0.2, 0.25) is 0 Å². The second-order valence-electron chi connectivity index (χ2n) is 7.21. The van der Waals surface area contributed by atoms with E-state index in [2.05, 4.69) is 16.2 Å². The molecule has 0 aliphatic carbocycles. The largest absolute Gasteiger partial charge is 0.497 e. The molecule has 4 N–H and O–H groups in total. The summed E-state index contributed by atoms with van der Waals surface area (Å²) in [6, 6.07) is 13.3. The Balaban J connectivity index is 1.49. The van der Waals surface area contributed by atoms with Crippen LogP contribution in [0.15, 0.2) is 42.5 Å². The number of aliphatic hydroxyl groups excluding tert-OH is 1. The van der Waals surface area contributed by atoms with Gasteiger partial charge in [-0.15, -0.1) is 0 Å². The molecule has 0 aromatic heterocycles. The SMILES string of the molecule is COc1cccc(NC2CCN(c3ccc(C4CNNC4)c(CO)c3)C2=O)c1. The van der Waals surface area contributed by atoms with Gasteiger partial charge in [0.25, 0.3) is 0 Å². The minimum atomic E-state index is -0.271. The van der Waals surface area contributed by atoms with Gasteiger partial charge in [-0.2, -0.15) is 0 Å². The van der Waals surface area contributed by atoms with E-state index < -0.39 is 0 Å². The van der Waals surface area contributed by atoms with E-state index in [1.165, 1.54) is 0 Å². The van der Waals surface area contributed by atoms with E-state index in [-0.39, 0.29) is 18.6 Å². The molecule has 1 unspecified atom stereocenters. The molecule has 2 fully saturated rings. The maximum Gasteiger partial charge on any atom is 0.249 e. The Labute approximate surface area is 164 Å². The van der Waals surface area contributed by atoms with Crippen molar-refractivity contribution in [3.05, 3.63) is 53.6 Å². The first-order valence-corrected chi connectivity index (χ1v) is 9.61. The summed E-state index contributed by atoms with van der Waals surface area (Å²) in [5.74, 6) is 1.13. The first kappa shape index (κ1) is 18.7. The standard InChI is InChI=1S/C21H26N4O3/c1-28-18-4-2-3-16(10-18)24-20-7-8-25(21(20)27)17-5-6-19(14(9-17)13-26)15-11-22-23-12-15/h2-6,9-10,15,20,22-24,26H,7-8,11-13H2,1H3. The van der Waals surface area contributed by atoms with Crippen molar-refractivity contribution in [3.63, 3.8) is 0 Å². The number of rotatable bonds is 6. The van der Waals surface area contributed by atoms with Crippen LogP contribution >= 0.6 is 0 Å².